The zero-order valence-corrected chi connectivity index (χ0v) is 18.9. The summed E-state index contributed by atoms with van der Waals surface area (Å²) in [6, 6.07) is 16.2. The summed E-state index contributed by atoms with van der Waals surface area (Å²) in [5, 5.41) is 4.47. The summed E-state index contributed by atoms with van der Waals surface area (Å²) in [5.41, 5.74) is 3.21. The summed E-state index contributed by atoms with van der Waals surface area (Å²) < 4.78 is 28.3. The molecule has 6 nitrogen and oxygen atoms in total. The second kappa shape index (κ2) is 9.11. The molecule has 2 heterocycles. The van der Waals surface area contributed by atoms with E-state index in [0.29, 0.717) is 11.4 Å². The molecule has 1 aliphatic rings. The molecule has 0 radical (unpaired) electrons. The molecule has 3 aromatic rings. The number of nitrogens with zero attached hydrogens (tertiary/aromatic N) is 1. The molecule has 1 aliphatic heterocycles. The van der Waals surface area contributed by atoms with Gasteiger partial charge in [0.2, 0.25) is 0 Å². The van der Waals surface area contributed by atoms with E-state index in [-0.39, 0.29) is 9.77 Å². The van der Waals surface area contributed by atoms with Gasteiger partial charge in [0.1, 0.15) is 9.77 Å². The molecule has 0 spiro atoms. The molecular weight excluding hydrogens is 430 g/mol. The minimum absolute atomic E-state index is 0.0252. The number of piperidine rings is 1. The third-order valence-electron chi connectivity index (χ3n) is 5.25. The molecule has 162 valence electrons. The minimum atomic E-state index is -3.88. The number of hydrogen-bond donors (Lipinski definition) is 2. The number of thiophene rings is 1. The fourth-order valence-corrected chi connectivity index (χ4v) is 6.01. The van der Waals surface area contributed by atoms with Crippen LogP contribution in [0.5, 0.6) is 0 Å². The van der Waals surface area contributed by atoms with E-state index in [2.05, 4.69) is 14.9 Å². The molecule has 2 N–H and O–H groups in total. The number of benzene rings is 2. The number of anilines is 3. The Morgan fingerprint density at radius 2 is 1.71 bits per heavy atom. The maximum absolute atomic E-state index is 12.9. The van der Waals surface area contributed by atoms with E-state index in [0.717, 1.165) is 35.7 Å². The average molecular weight is 456 g/mol. The van der Waals surface area contributed by atoms with Gasteiger partial charge in [0.25, 0.3) is 15.9 Å². The van der Waals surface area contributed by atoms with E-state index in [1.807, 2.05) is 43.3 Å². The Bertz CT molecular complexity index is 1160. The van der Waals surface area contributed by atoms with Gasteiger partial charge in [0.05, 0.1) is 0 Å². The third kappa shape index (κ3) is 5.08. The van der Waals surface area contributed by atoms with Crippen LogP contribution in [0.2, 0.25) is 0 Å². The van der Waals surface area contributed by atoms with Crippen LogP contribution in [-0.4, -0.2) is 27.4 Å². The maximum atomic E-state index is 12.9. The van der Waals surface area contributed by atoms with Crippen molar-refractivity contribution in [1.29, 1.82) is 0 Å². The maximum Gasteiger partial charge on any atom is 0.267 e. The number of aryl methyl sites for hydroxylation is 1. The third-order valence-corrected chi connectivity index (χ3v) is 7.72. The molecule has 0 saturated carbocycles. The molecule has 1 amide bonds. The zero-order valence-electron chi connectivity index (χ0n) is 17.3. The Morgan fingerprint density at radius 3 is 2.45 bits per heavy atom. The van der Waals surface area contributed by atoms with Crippen molar-refractivity contribution in [2.24, 2.45) is 0 Å². The SMILES string of the molecule is Cc1ccc(NS(=O)(=O)c2ccsc2C(=O)Nc2cccc(N3CCCCC3)c2)cc1. The fraction of sp³-hybridized carbons (Fsp3) is 0.261. The zero-order chi connectivity index (χ0) is 21.8. The van der Waals surface area contributed by atoms with Crippen molar-refractivity contribution in [1.82, 2.24) is 0 Å². The lowest BCUT2D eigenvalue weighted by Crippen LogP contribution is -2.29. The van der Waals surface area contributed by atoms with E-state index >= 15 is 0 Å². The molecule has 1 saturated heterocycles. The Labute approximate surface area is 187 Å². The number of nitrogens with one attached hydrogen (secondary N) is 2. The highest BCUT2D eigenvalue weighted by Gasteiger charge is 2.24. The van der Waals surface area contributed by atoms with E-state index in [1.165, 1.54) is 25.3 Å². The van der Waals surface area contributed by atoms with Crippen LogP contribution in [0, 0.1) is 6.92 Å². The quantitative estimate of drug-likeness (QED) is 0.542. The molecule has 2 aromatic carbocycles. The lowest BCUT2D eigenvalue weighted by molar-refractivity contribution is 0.102. The summed E-state index contributed by atoms with van der Waals surface area (Å²) in [6.45, 7) is 3.95. The Balaban J connectivity index is 1.52. The summed E-state index contributed by atoms with van der Waals surface area (Å²) in [7, 11) is -3.88. The van der Waals surface area contributed by atoms with Crippen LogP contribution < -0.4 is 14.9 Å². The molecule has 1 fully saturated rings. The smallest absolute Gasteiger partial charge is 0.267 e. The van der Waals surface area contributed by atoms with Gasteiger partial charge in [-0.05, 0) is 68.0 Å². The van der Waals surface area contributed by atoms with Gasteiger partial charge < -0.3 is 10.2 Å². The van der Waals surface area contributed by atoms with Gasteiger partial charge in [-0.3, -0.25) is 9.52 Å². The first kappa shape index (κ1) is 21.4. The van der Waals surface area contributed by atoms with Crippen molar-refractivity contribution in [2.45, 2.75) is 31.1 Å². The van der Waals surface area contributed by atoms with Crippen molar-refractivity contribution in [3.8, 4) is 0 Å². The first-order valence-electron chi connectivity index (χ1n) is 10.3. The second-order valence-corrected chi connectivity index (χ2v) is 10.2. The summed E-state index contributed by atoms with van der Waals surface area (Å²) >= 11 is 1.11. The number of rotatable bonds is 6. The van der Waals surface area contributed by atoms with E-state index < -0.39 is 15.9 Å². The number of amides is 1. The van der Waals surface area contributed by atoms with Gasteiger partial charge >= 0.3 is 0 Å². The Hall–Kier alpha value is -2.84. The lowest BCUT2D eigenvalue weighted by Gasteiger charge is -2.29. The molecule has 0 aliphatic carbocycles. The van der Waals surface area contributed by atoms with Crippen molar-refractivity contribution in [3.63, 3.8) is 0 Å². The van der Waals surface area contributed by atoms with Gasteiger partial charge in [-0.15, -0.1) is 11.3 Å². The van der Waals surface area contributed by atoms with Gasteiger partial charge in [-0.1, -0.05) is 23.8 Å². The highest BCUT2D eigenvalue weighted by atomic mass is 32.2. The molecular formula is C23H25N3O3S2. The normalized spacial score (nSPS) is 14.3. The molecule has 8 heteroatoms. The van der Waals surface area contributed by atoms with Crippen molar-refractivity contribution in [3.05, 3.63) is 70.4 Å². The molecule has 1 aromatic heterocycles. The van der Waals surface area contributed by atoms with Crippen LogP contribution >= 0.6 is 11.3 Å². The summed E-state index contributed by atoms with van der Waals surface area (Å²) in [4.78, 5) is 15.4. The monoisotopic (exact) mass is 455 g/mol. The first-order chi connectivity index (χ1) is 14.9. The minimum Gasteiger partial charge on any atom is -0.371 e. The first-order valence-corrected chi connectivity index (χ1v) is 12.6. The number of carbonyl (C=O) groups is 1. The standard InChI is InChI=1S/C23H25N3O3S2/c1-17-8-10-18(11-9-17)25-31(28,29)21-12-15-30-22(21)23(27)24-19-6-5-7-20(16-19)26-13-3-2-4-14-26/h5-12,15-16,25H,2-4,13-14H2,1H3,(H,24,27). The van der Waals surface area contributed by atoms with E-state index in [9.17, 15) is 13.2 Å². The Kier molecular flexibility index (Phi) is 6.29. The fourth-order valence-electron chi connectivity index (χ4n) is 3.63. The largest absolute Gasteiger partial charge is 0.371 e. The highest BCUT2D eigenvalue weighted by Crippen LogP contribution is 2.27. The van der Waals surface area contributed by atoms with Crippen LogP contribution in [-0.2, 0) is 10.0 Å². The predicted molar refractivity (Wildman–Crippen MR) is 127 cm³/mol. The number of hydrogen-bond acceptors (Lipinski definition) is 5. The summed E-state index contributed by atoms with van der Waals surface area (Å²) in [5.74, 6) is -0.435. The molecule has 0 unspecified atom stereocenters. The Morgan fingerprint density at radius 1 is 0.968 bits per heavy atom. The van der Waals surface area contributed by atoms with Gasteiger partial charge in [-0.2, -0.15) is 0 Å². The van der Waals surface area contributed by atoms with Crippen molar-refractivity contribution >= 4 is 44.3 Å². The molecule has 0 atom stereocenters. The molecule has 4 rings (SSSR count). The second-order valence-electron chi connectivity index (χ2n) is 7.64. The summed E-state index contributed by atoms with van der Waals surface area (Å²) in [6.07, 6.45) is 3.58. The van der Waals surface area contributed by atoms with Gasteiger partial charge in [0.15, 0.2) is 0 Å². The molecule has 0 bridgehead atoms. The lowest BCUT2D eigenvalue weighted by atomic mass is 10.1. The average Bonchev–Trinajstić information content (AvgIpc) is 3.27. The van der Waals surface area contributed by atoms with Gasteiger partial charge in [0, 0.05) is 30.2 Å². The van der Waals surface area contributed by atoms with Crippen LogP contribution in [0.25, 0.3) is 0 Å². The van der Waals surface area contributed by atoms with E-state index in [1.54, 1.807) is 17.5 Å². The number of carbonyl (C=O) groups excluding carboxylic acids is 1. The van der Waals surface area contributed by atoms with Crippen molar-refractivity contribution in [2.75, 3.05) is 28.0 Å². The number of sulfonamides is 1. The molecule has 31 heavy (non-hydrogen) atoms. The topological polar surface area (TPSA) is 78.5 Å². The highest BCUT2D eigenvalue weighted by molar-refractivity contribution is 7.93. The van der Waals surface area contributed by atoms with Gasteiger partial charge in [-0.25, -0.2) is 8.42 Å². The van der Waals surface area contributed by atoms with E-state index in [4.69, 9.17) is 0 Å². The van der Waals surface area contributed by atoms with Crippen LogP contribution in [0.15, 0.2) is 64.9 Å². The van der Waals surface area contributed by atoms with Crippen LogP contribution in [0.3, 0.4) is 0 Å². The van der Waals surface area contributed by atoms with Crippen LogP contribution in [0.4, 0.5) is 17.1 Å². The van der Waals surface area contributed by atoms with Crippen LogP contribution in [0.1, 0.15) is 34.5 Å². The predicted octanol–water partition coefficient (Wildman–Crippen LogP) is 5.10. The van der Waals surface area contributed by atoms with Crippen molar-refractivity contribution < 1.29 is 13.2 Å².